The van der Waals surface area contributed by atoms with Crippen molar-refractivity contribution in [3.05, 3.63) is 12.0 Å². The van der Waals surface area contributed by atoms with Crippen LogP contribution in [0.4, 0.5) is 5.82 Å². The van der Waals surface area contributed by atoms with Gasteiger partial charge in [0, 0.05) is 18.3 Å². The maximum atomic E-state index is 12.2. The van der Waals surface area contributed by atoms with E-state index in [1.54, 1.807) is 32.3 Å². The molecule has 5 N–H and O–H groups in total. The minimum Gasteiger partial charge on any atom is -0.394 e. The molecule has 0 spiro atoms. The van der Waals surface area contributed by atoms with Gasteiger partial charge in [-0.15, -0.1) is 0 Å². The summed E-state index contributed by atoms with van der Waals surface area (Å²) in [6, 6.07) is 0. The molecule has 2 amide bonds. The quantitative estimate of drug-likeness (QED) is 0.442. The van der Waals surface area contributed by atoms with Crippen LogP contribution in [0.15, 0.2) is 11.3 Å². The summed E-state index contributed by atoms with van der Waals surface area (Å²) < 4.78 is 7.38. The Morgan fingerprint density at radius 3 is 2.59 bits per heavy atom. The van der Waals surface area contributed by atoms with E-state index >= 15 is 0 Å². The Hall–Kier alpha value is -2.50. The molecule has 29 heavy (non-hydrogen) atoms. The van der Waals surface area contributed by atoms with Crippen LogP contribution in [0.5, 0.6) is 0 Å². The number of nitrogens with zero attached hydrogens (tertiary/aromatic N) is 3. The van der Waals surface area contributed by atoms with Crippen LogP contribution >= 0.6 is 0 Å². The van der Waals surface area contributed by atoms with Crippen molar-refractivity contribution < 1.29 is 24.5 Å². The third-order valence-electron chi connectivity index (χ3n) is 4.81. The third kappa shape index (κ3) is 4.41. The van der Waals surface area contributed by atoms with Crippen molar-refractivity contribution in [2.75, 3.05) is 11.9 Å². The first-order valence-corrected chi connectivity index (χ1v) is 9.68. The minimum atomic E-state index is -0.810. The molecule has 11 nitrogen and oxygen atoms in total. The highest BCUT2D eigenvalue weighted by Crippen LogP contribution is 2.33. The molecule has 1 saturated heterocycles. The van der Waals surface area contributed by atoms with Gasteiger partial charge in [0.05, 0.1) is 19.0 Å². The monoisotopic (exact) mass is 408 g/mol. The van der Waals surface area contributed by atoms with Crippen LogP contribution in [-0.4, -0.2) is 62.5 Å². The average Bonchev–Trinajstić information content (AvgIpc) is 3.24. The van der Waals surface area contributed by atoms with Gasteiger partial charge in [-0.3, -0.25) is 14.2 Å². The first kappa shape index (κ1) is 21.2. The lowest BCUT2D eigenvalue weighted by Crippen LogP contribution is -2.47. The summed E-state index contributed by atoms with van der Waals surface area (Å²) in [6.07, 6.45) is -1.09. The molecular formula is C18H28N6O5. The van der Waals surface area contributed by atoms with E-state index in [0.29, 0.717) is 11.5 Å². The molecule has 0 aromatic carbocycles. The van der Waals surface area contributed by atoms with E-state index in [1.807, 2.05) is 0 Å². The van der Waals surface area contributed by atoms with Crippen molar-refractivity contribution in [1.82, 2.24) is 20.2 Å². The third-order valence-corrected chi connectivity index (χ3v) is 4.81. The number of ether oxygens (including phenoxy) is 1. The Balaban J connectivity index is 1.91. The molecular weight excluding hydrogens is 380 g/mol. The van der Waals surface area contributed by atoms with Gasteiger partial charge < -0.3 is 30.9 Å². The lowest BCUT2D eigenvalue weighted by molar-refractivity contribution is -0.124. The van der Waals surface area contributed by atoms with Gasteiger partial charge in [0.2, 0.25) is 11.8 Å². The number of aromatic nitrogens is 2. The minimum absolute atomic E-state index is 0.205. The molecule has 2 unspecified atom stereocenters. The van der Waals surface area contributed by atoms with Crippen LogP contribution in [0.2, 0.25) is 0 Å². The van der Waals surface area contributed by atoms with E-state index in [9.17, 15) is 19.8 Å². The van der Waals surface area contributed by atoms with Crippen molar-refractivity contribution >= 4 is 23.5 Å². The fraction of sp³-hybridized carbons (Fsp3) is 0.667. The van der Waals surface area contributed by atoms with Crippen molar-refractivity contribution in [2.45, 2.75) is 58.8 Å². The molecule has 0 radical (unpaired) electrons. The van der Waals surface area contributed by atoms with Crippen molar-refractivity contribution in [3.63, 3.8) is 0 Å². The first-order valence-electron chi connectivity index (χ1n) is 9.68. The summed E-state index contributed by atoms with van der Waals surface area (Å²) in [5.74, 6) is -0.214. The number of aliphatic hydroxyl groups excluding tert-OH is 2. The van der Waals surface area contributed by atoms with E-state index in [0.717, 1.165) is 0 Å². The van der Waals surface area contributed by atoms with Crippen LogP contribution in [0, 0.1) is 11.8 Å². The predicted octanol–water partition coefficient (Wildman–Crippen LogP) is -0.476. The van der Waals surface area contributed by atoms with Crippen LogP contribution < -0.4 is 16.0 Å². The Morgan fingerprint density at radius 1 is 1.31 bits per heavy atom. The highest BCUT2D eigenvalue weighted by molar-refractivity contribution is 6.10. The second-order valence-corrected chi connectivity index (χ2v) is 7.80. The fourth-order valence-electron chi connectivity index (χ4n) is 3.02. The Morgan fingerprint density at radius 2 is 2.00 bits per heavy atom. The molecule has 11 heteroatoms. The molecule has 1 aromatic rings. The number of hydrogen-bond acceptors (Lipinski definition) is 8. The normalized spacial score (nSPS) is 26.1. The lowest BCUT2D eigenvalue weighted by atomic mass is 10.2. The van der Waals surface area contributed by atoms with Gasteiger partial charge in [-0.1, -0.05) is 27.7 Å². The van der Waals surface area contributed by atoms with Crippen molar-refractivity contribution in [2.24, 2.45) is 16.8 Å². The van der Waals surface area contributed by atoms with Gasteiger partial charge >= 0.3 is 0 Å². The number of fused-ring (bicyclic) bond motifs is 1. The maximum absolute atomic E-state index is 12.2. The Bertz CT molecular complexity index is 805. The van der Waals surface area contributed by atoms with Gasteiger partial charge in [-0.25, -0.2) is 9.98 Å². The van der Waals surface area contributed by atoms with Crippen molar-refractivity contribution in [3.8, 4) is 0 Å². The first-order chi connectivity index (χ1) is 13.7. The second-order valence-electron chi connectivity index (χ2n) is 7.80. The number of amides is 2. The van der Waals surface area contributed by atoms with Crippen LogP contribution in [-0.2, 0) is 14.3 Å². The van der Waals surface area contributed by atoms with Gasteiger partial charge in [-0.05, 0) is 0 Å². The van der Waals surface area contributed by atoms with Crippen LogP contribution in [0.3, 0.4) is 0 Å². The largest absolute Gasteiger partial charge is 0.394 e. The molecule has 3 heterocycles. The zero-order valence-corrected chi connectivity index (χ0v) is 16.9. The van der Waals surface area contributed by atoms with Crippen molar-refractivity contribution in [1.29, 1.82) is 0 Å². The molecule has 1 fully saturated rings. The summed E-state index contributed by atoms with van der Waals surface area (Å²) in [5.41, 5.74) is 0.402. The zero-order chi connectivity index (χ0) is 21.3. The summed E-state index contributed by atoms with van der Waals surface area (Å²) in [6.45, 7) is 6.75. The molecule has 0 bridgehead atoms. The SMILES string of the molecule is CC(C)C(=O)NC1=NC(NC(=O)C(C)C)Nc2c1ncn2[C@H]1C[C@@H](O)C(CO)O1. The van der Waals surface area contributed by atoms with Gasteiger partial charge in [0.25, 0.3) is 0 Å². The Kier molecular flexibility index (Phi) is 6.20. The molecule has 0 aliphatic carbocycles. The summed E-state index contributed by atoms with van der Waals surface area (Å²) in [4.78, 5) is 33.1. The van der Waals surface area contributed by atoms with E-state index in [2.05, 4.69) is 25.9 Å². The number of rotatable bonds is 5. The molecule has 2 aliphatic rings. The van der Waals surface area contributed by atoms with E-state index < -0.39 is 24.7 Å². The number of carbonyl (C=O) groups is 2. The highest BCUT2D eigenvalue weighted by atomic mass is 16.5. The molecule has 3 rings (SSSR count). The zero-order valence-electron chi connectivity index (χ0n) is 16.9. The molecule has 0 saturated carbocycles. The fourth-order valence-corrected chi connectivity index (χ4v) is 3.02. The number of amidine groups is 1. The van der Waals surface area contributed by atoms with Gasteiger partial charge in [-0.2, -0.15) is 0 Å². The summed E-state index contributed by atoms with van der Waals surface area (Å²) in [7, 11) is 0. The molecule has 4 atom stereocenters. The second kappa shape index (κ2) is 8.47. The number of imidazole rings is 1. The predicted molar refractivity (Wildman–Crippen MR) is 104 cm³/mol. The summed E-state index contributed by atoms with van der Waals surface area (Å²) in [5, 5.41) is 28.0. The van der Waals surface area contributed by atoms with Gasteiger partial charge in [0.1, 0.15) is 23.8 Å². The summed E-state index contributed by atoms with van der Waals surface area (Å²) >= 11 is 0. The number of aliphatic hydroxyl groups is 2. The molecule has 160 valence electrons. The van der Waals surface area contributed by atoms with Crippen LogP contribution in [0.1, 0.15) is 46.0 Å². The average molecular weight is 408 g/mol. The van der Waals surface area contributed by atoms with Gasteiger partial charge in [0.15, 0.2) is 12.1 Å². The van der Waals surface area contributed by atoms with E-state index in [4.69, 9.17) is 4.74 Å². The topological polar surface area (TPSA) is 150 Å². The maximum Gasteiger partial charge on any atom is 0.228 e. The highest BCUT2D eigenvalue weighted by Gasteiger charge is 2.37. The number of hydrogen-bond donors (Lipinski definition) is 5. The number of carbonyl (C=O) groups excluding carboxylic acids is 2. The standard InChI is InChI=1S/C18H28N6O5/c1-8(2)16(27)20-14-13-15(22-18(21-14)23-17(28)9(3)4)24(7-19-13)12-5-10(26)11(6-25)29-12/h7-12,18,22,25-26H,5-6H2,1-4H3,(H,23,28)(H,20,21,27)/t10-,11?,12-,18?/m1/s1. The Labute approximate surface area is 168 Å². The van der Waals surface area contributed by atoms with Crippen LogP contribution in [0.25, 0.3) is 0 Å². The number of anilines is 1. The van der Waals surface area contributed by atoms with E-state index in [-0.39, 0.29) is 42.5 Å². The van der Waals surface area contributed by atoms with E-state index in [1.165, 1.54) is 6.33 Å². The molecule has 1 aromatic heterocycles. The number of nitrogens with one attached hydrogen (secondary N) is 3. The number of aliphatic imine (C=N–C) groups is 1. The molecule has 2 aliphatic heterocycles. The smallest absolute Gasteiger partial charge is 0.228 e. The lowest BCUT2D eigenvalue weighted by Gasteiger charge is -2.27.